The number of methoxy groups -OCH3 is 2. The highest BCUT2D eigenvalue weighted by Gasteiger charge is 2.15. The molecule has 0 aromatic heterocycles. The zero-order valence-electron chi connectivity index (χ0n) is 12.4. The normalized spacial score (nSPS) is 10.2. The van der Waals surface area contributed by atoms with Crippen LogP contribution in [-0.2, 0) is 0 Å². The molecule has 1 N–H and O–H groups in total. The molecule has 2 aromatic rings. The van der Waals surface area contributed by atoms with Crippen molar-refractivity contribution in [3.63, 3.8) is 0 Å². The number of carbonyl (C=O) groups excluding carboxylic acids is 1. The van der Waals surface area contributed by atoms with Gasteiger partial charge in [-0.15, -0.1) is 0 Å². The van der Waals surface area contributed by atoms with Gasteiger partial charge in [-0.3, -0.25) is 4.79 Å². The Morgan fingerprint density at radius 3 is 2.50 bits per heavy atom. The predicted molar refractivity (Wildman–Crippen MR) is 99.1 cm³/mol. The summed E-state index contributed by atoms with van der Waals surface area (Å²) in [4.78, 5) is 12.4. The van der Waals surface area contributed by atoms with Crippen molar-refractivity contribution in [2.75, 3.05) is 19.5 Å². The highest BCUT2D eigenvalue weighted by atomic mass is 127. The summed E-state index contributed by atoms with van der Waals surface area (Å²) in [5.74, 6) is 0.968. The van der Waals surface area contributed by atoms with Crippen LogP contribution in [-0.4, -0.2) is 20.1 Å². The van der Waals surface area contributed by atoms with Crippen molar-refractivity contribution in [1.82, 2.24) is 0 Å². The second kappa shape index (κ2) is 7.32. The number of benzene rings is 2. The van der Waals surface area contributed by atoms with Crippen LogP contribution in [0.25, 0.3) is 0 Å². The average molecular weight is 476 g/mol. The van der Waals surface area contributed by atoms with Gasteiger partial charge in [0.2, 0.25) is 0 Å². The monoisotopic (exact) mass is 475 g/mol. The van der Waals surface area contributed by atoms with Gasteiger partial charge in [-0.2, -0.15) is 0 Å². The number of nitrogens with one attached hydrogen (secondary N) is 1. The largest absolute Gasteiger partial charge is 0.493 e. The van der Waals surface area contributed by atoms with Gasteiger partial charge in [0.05, 0.1) is 17.8 Å². The fourth-order valence-corrected chi connectivity index (χ4v) is 3.31. The van der Waals surface area contributed by atoms with Gasteiger partial charge in [0.15, 0.2) is 11.5 Å². The summed E-state index contributed by atoms with van der Waals surface area (Å²) in [7, 11) is 3.12. The van der Waals surface area contributed by atoms with Crippen molar-refractivity contribution in [1.29, 1.82) is 0 Å². The Labute approximate surface area is 151 Å². The Bertz CT molecular complexity index is 719. The maximum atomic E-state index is 12.4. The SMILES string of the molecule is COc1cc(C(=O)Nc2ccc(Br)cc2C)cc(I)c1OC. The number of halogens is 2. The Balaban J connectivity index is 2.31. The van der Waals surface area contributed by atoms with Gasteiger partial charge in [-0.05, 0) is 65.4 Å². The first kappa shape index (κ1) is 17.1. The standard InChI is InChI=1S/C16H15BrINO3/c1-9-6-11(17)4-5-13(9)19-16(20)10-7-12(18)15(22-3)14(8-10)21-2/h4-8H,1-3H3,(H,19,20). The summed E-state index contributed by atoms with van der Waals surface area (Å²) in [6.07, 6.45) is 0. The van der Waals surface area contributed by atoms with Gasteiger partial charge >= 0.3 is 0 Å². The fraction of sp³-hybridized carbons (Fsp3) is 0.188. The van der Waals surface area contributed by atoms with Gasteiger partial charge < -0.3 is 14.8 Å². The molecule has 0 aliphatic rings. The molecule has 0 atom stereocenters. The maximum Gasteiger partial charge on any atom is 0.255 e. The Morgan fingerprint density at radius 2 is 1.91 bits per heavy atom. The molecule has 0 saturated carbocycles. The lowest BCUT2D eigenvalue weighted by Gasteiger charge is -2.13. The molecule has 0 fully saturated rings. The molecule has 22 heavy (non-hydrogen) atoms. The van der Waals surface area contributed by atoms with Crippen molar-refractivity contribution >= 4 is 50.1 Å². The summed E-state index contributed by atoms with van der Waals surface area (Å²) in [6.45, 7) is 1.94. The number of anilines is 1. The van der Waals surface area contributed by atoms with E-state index in [4.69, 9.17) is 9.47 Å². The van der Waals surface area contributed by atoms with Crippen LogP contribution in [0.3, 0.4) is 0 Å². The van der Waals surface area contributed by atoms with Gasteiger partial charge in [0, 0.05) is 15.7 Å². The van der Waals surface area contributed by atoms with Crippen LogP contribution in [0, 0.1) is 10.5 Å². The number of amides is 1. The first-order valence-corrected chi connectivity index (χ1v) is 8.32. The third kappa shape index (κ3) is 3.73. The minimum atomic E-state index is -0.190. The van der Waals surface area contributed by atoms with Crippen LogP contribution in [0.4, 0.5) is 5.69 Å². The number of carbonyl (C=O) groups is 1. The summed E-state index contributed by atoms with van der Waals surface area (Å²) >= 11 is 5.53. The van der Waals surface area contributed by atoms with Gasteiger partial charge in [0.25, 0.3) is 5.91 Å². The van der Waals surface area contributed by atoms with Crippen LogP contribution in [0.1, 0.15) is 15.9 Å². The van der Waals surface area contributed by atoms with Gasteiger partial charge in [0.1, 0.15) is 0 Å². The molecule has 1 amide bonds. The summed E-state index contributed by atoms with van der Waals surface area (Å²) in [6, 6.07) is 9.15. The minimum Gasteiger partial charge on any atom is -0.493 e. The lowest BCUT2D eigenvalue weighted by atomic mass is 10.1. The summed E-state index contributed by atoms with van der Waals surface area (Å²) < 4.78 is 12.4. The van der Waals surface area contributed by atoms with Crippen molar-refractivity contribution in [2.45, 2.75) is 6.92 Å². The van der Waals surface area contributed by atoms with Crippen molar-refractivity contribution in [3.05, 3.63) is 49.5 Å². The molecule has 0 aliphatic heterocycles. The van der Waals surface area contributed by atoms with E-state index < -0.39 is 0 Å². The van der Waals surface area contributed by atoms with E-state index in [1.807, 2.05) is 25.1 Å². The van der Waals surface area contributed by atoms with Crippen LogP contribution in [0.15, 0.2) is 34.8 Å². The zero-order chi connectivity index (χ0) is 16.3. The van der Waals surface area contributed by atoms with Crippen LogP contribution in [0.2, 0.25) is 0 Å². The molecule has 2 aromatic carbocycles. The number of aryl methyl sites for hydroxylation is 1. The number of hydrogen-bond acceptors (Lipinski definition) is 3. The van der Waals surface area contributed by atoms with E-state index in [9.17, 15) is 4.79 Å². The Hall–Kier alpha value is -1.28. The topological polar surface area (TPSA) is 47.6 Å². The van der Waals surface area contributed by atoms with Crippen molar-refractivity contribution in [3.8, 4) is 11.5 Å². The zero-order valence-corrected chi connectivity index (χ0v) is 16.1. The molecule has 0 bridgehead atoms. The highest BCUT2D eigenvalue weighted by Crippen LogP contribution is 2.33. The predicted octanol–water partition coefficient (Wildman–Crippen LogP) is 4.63. The first-order valence-electron chi connectivity index (χ1n) is 6.45. The van der Waals surface area contributed by atoms with Crippen LogP contribution in [0.5, 0.6) is 11.5 Å². The Morgan fingerprint density at radius 1 is 1.18 bits per heavy atom. The van der Waals surface area contributed by atoms with Gasteiger partial charge in [-0.25, -0.2) is 0 Å². The highest BCUT2D eigenvalue weighted by molar-refractivity contribution is 14.1. The number of rotatable bonds is 4. The molecular formula is C16H15BrINO3. The van der Waals surface area contributed by atoms with Gasteiger partial charge in [-0.1, -0.05) is 15.9 Å². The third-order valence-electron chi connectivity index (χ3n) is 3.13. The van der Waals surface area contributed by atoms with E-state index in [0.29, 0.717) is 17.1 Å². The quantitative estimate of drug-likeness (QED) is 0.655. The number of hydrogen-bond donors (Lipinski definition) is 1. The third-order valence-corrected chi connectivity index (χ3v) is 4.43. The molecule has 0 aliphatic carbocycles. The first-order chi connectivity index (χ1) is 10.5. The molecule has 0 spiro atoms. The summed E-state index contributed by atoms with van der Waals surface area (Å²) in [5, 5.41) is 2.91. The minimum absolute atomic E-state index is 0.190. The van der Waals surface area contributed by atoms with Crippen LogP contribution >= 0.6 is 38.5 Å². The van der Waals surface area contributed by atoms with E-state index in [2.05, 4.69) is 43.8 Å². The molecule has 0 heterocycles. The Kier molecular flexibility index (Phi) is 5.69. The molecular weight excluding hydrogens is 461 g/mol. The molecule has 6 heteroatoms. The maximum absolute atomic E-state index is 12.4. The second-order valence-electron chi connectivity index (χ2n) is 4.61. The van der Waals surface area contributed by atoms with E-state index in [1.165, 1.54) is 0 Å². The summed E-state index contributed by atoms with van der Waals surface area (Å²) in [5.41, 5.74) is 2.28. The second-order valence-corrected chi connectivity index (χ2v) is 6.68. The molecule has 0 saturated heterocycles. The van der Waals surface area contributed by atoms with E-state index >= 15 is 0 Å². The van der Waals surface area contributed by atoms with Crippen LogP contribution < -0.4 is 14.8 Å². The fourth-order valence-electron chi connectivity index (χ4n) is 2.01. The number of ether oxygens (including phenoxy) is 2. The average Bonchev–Trinajstić information content (AvgIpc) is 2.49. The molecule has 116 valence electrons. The smallest absolute Gasteiger partial charge is 0.255 e. The van der Waals surface area contributed by atoms with Crippen molar-refractivity contribution < 1.29 is 14.3 Å². The lowest BCUT2D eigenvalue weighted by Crippen LogP contribution is -2.13. The van der Waals surface area contributed by atoms with E-state index in [0.717, 1.165) is 19.3 Å². The van der Waals surface area contributed by atoms with Crippen molar-refractivity contribution in [2.24, 2.45) is 0 Å². The molecule has 0 radical (unpaired) electrons. The molecule has 4 nitrogen and oxygen atoms in total. The van der Waals surface area contributed by atoms with E-state index in [1.54, 1.807) is 26.4 Å². The molecule has 0 unspecified atom stereocenters. The lowest BCUT2D eigenvalue weighted by molar-refractivity contribution is 0.102. The molecule has 2 rings (SSSR count). The van der Waals surface area contributed by atoms with E-state index in [-0.39, 0.29) is 5.91 Å².